The average Bonchev–Trinajstić information content (AvgIpc) is 2.42. The molecule has 0 aromatic carbocycles. The van der Waals surface area contributed by atoms with Crippen molar-refractivity contribution in [2.45, 2.75) is 42.7 Å². The summed E-state index contributed by atoms with van der Waals surface area (Å²) in [6, 6.07) is 0. The van der Waals surface area contributed by atoms with Gasteiger partial charge < -0.3 is 0 Å². The van der Waals surface area contributed by atoms with Crippen LogP contribution in [0.5, 0.6) is 0 Å². The lowest BCUT2D eigenvalue weighted by Crippen LogP contribution is -2.64. The fourth-order valence-electron chi connectivity index (χ4n) is 1.12. The molecular weight excluding hydrogens is 373 g/mol. The van der Waals surface area contributed by atoms with Gasteiger partial charge in [0.1, 0.15) is 0 Å². The molecule has 3 unspecified atom stereocenters. The second kappa shape index (κ2) is 6.59. The number of hydrogen-bond acceptors (Lipinski definition) is 1. The van der Waals surface area contributed by atoms with Crippen molar-refractivity contribution in [1.29, 1.82) is 0 Å². The summed E-state index contributed by atoms with van der Waals surface area (Å²) >= 11 is 0. The van der Waals surface area contributed by atoms with Gasteiger partial charge in [0.05, 0.1) is 0 Å². The van der Waals surface area contributed by atoms with E-state index in [1.165, 1.54) is 0 Å². The summed E-state index contributed by atoms with van der Waals surface area (Å²) in [5.74, 6) is -25.4. The van der Waals surface area contributed by atoms with Crippen molar-refractivity contribution in [3.63, 3.8) is 0 Å². The van der Waals surface area contributed by atoms with Gasteiger partial charge in [-0.25, -0.2) is 22.0 Å². The Labute approximate surface area is 117 Å². The van der Waals surface area contributed by atoms with Gasteiger partial charge >= 0.3 is 23.7 Å². The minimum atomic E-state index is -7.29. The number of hydrogen-bond donors (Lipinski definition) is 0. The molecule has 0 bridgehead atoms. The third-order valence-corrected chi connectivity index (χ3v) is 2.41. The normalized spacial score (nSPS) is 17.8. The molecule has 3 atom stereocenters. The molecule has 0 spiro atoms. The van der Waals surface area contributed by atoms with Gasteiger partial charge in [-0.05, 0) is 0 Å². The van der Waals surface area contributed by atoms with Crippen LogP contribution in [0.1, 0.15) is 0 Å². The topological polar surface area (TPSA) is 20.3 Å². The molecule has 23 heavy (non-hydrogen) atoms. The molecular formula is C8H4F13NO. The number of carbonyl (C=O) groups excluding carboxylic acids is 1. The Balaban J connectivity index is 5.74. The predicted molar refractivity (Wildman–Crippen MR) is 44.6 cm³/mol. The van der Waals surface area contributed by atoms with E-state index in [4.69, 9.17) is 0 Å². The third kappa shape index (κ3) is 3.57. The van der Waals surface area contributed by atoms with E-state index in [0.29, 0.717) is 0 Å². The van der Waals surface area contributed by atoms with Crippen molar-refractivity contribution in [3.05, 3.63) is 0 Å². The predicted octanol–water partition coefficient (Wildman–Crippen LogP) is 3.77. The summed E-state index contributed by atoms with van der Waals surface area (Å²) in [6.45, 7) is 0. The number of halogens is 13. The van der Waals surface area contributed by atoms with Gasteiger partial charge in [-0.3, -0.25) is 4.79 Å². The van der Waals surface area contributed by atoms with Crippen LogP contribution in [0.4, 0.5) is 57.3 Å². The molecule has 0 radical (unpaired) electrons. The molecule has 0 aromatic heterocycles. The Kier molecular flexibility index (Phi) is 6.17. The van der Waals surface area contributed by atoms with E-state index in [2.05, 4.69) is 0 Å². The van der Waals surface area contributed by atoms with Crippen molar-refractivity contribution < 1.29 is 62.1 Å². The van der Waals surface area contributed by atoms with Gasteiger partial charge in [0.25, 0.3) is 6.43 Å². The molecule has 138 valence electrons. The highest BCUT2D eigenvalue weighted by Gasteiger charge is 2.79. The molecule has 0 N–H and O–H groups in total. The largest absolute Gasteiger partial charge is 0.398 e. The number of rotatable bonds is 7. The van der Waals surface area contributed by atoms with Crippen molar-refractivity contribution in [2.75, 3.05) is 0 Å². The zero-order chi connectivity index (χ0) is 19.0. The summed E-state index contributed by atoms with van der Waals surface area (Å²) in [5.41, 5.74) is 0. The maximum absolute atomic E-state index is 12.9. The van der Waals surface area contributed by atoms with Crippen molar-refractivity contribution in [3.8, 4) is 0 Å². The van der Waals surface area contributed by atoms with E-state index in [-0.39, 0.29) is 0 Å². The molecule has 0 saturated heterocycles. The highest BCUT2D eigenvalue weighted by Crippen LogP contribution is 2.50. The maximum atomic E-state index is 12.9. The monoisotopic (exact) mass is 377 g/mol. The minimum absolute atomic E-state index is 3.23. The van der Waals surface area contributed by atoms with Gasteiger partial charge in [-0.2, -0.15) is 26.3 Å². The Morgan fingerprint density at radius 1 is 0.783 bits per heavy atom. The van der Waals surface area contributed by atoms with Gasteiger partial charge in [-0.15, -0.1) is 0 Å². The summed E-state index contributed by atoms with van der Waals surface area (Å²) < 4.78 is 161. The summed E-state index contributed by atoms with van der Waals surface area (Å²) in [5, 5.41) is -3.23. The van der Waals surface area contributed by atoms with Crippen LogP contribution in [0.2, 0.25) is 0 Å². The summed E-state index contributed by atoms with van der Waals surface area (Å²) in [6.07, 6.45) is -18.9. The zero-order valence-electron chi connectivity index (χ0n) is 10.1. The number of nitrogens with zero attached hydrogens (tertiary/aromatic N) is 1. The molecule has 0 aliphatic carbocycles. The molecule has 0 fully saturated rings. The van der Waals surface area contributed by atoms with E-state index in [1.54, 1.807) is 0 Å². The third-order valence-electron chi connectivity index (χ3n) is 2.41. The van der Waals surface area contributed by atoms with Gasteiger partial charge in [-0.1, -0.05) is 8.96 Å². The lowest BCUT2D eigenvalue weighted by atomic mass is 9.95. The highest BCUT2D eigenvalue weighted by atomic mass is 19.4. The summed E-state index contributed by atoms with van der Waals surface area (Å²) in [7, 11) is 0. The molecule has 0 saturated carbocycles. The Hall–Kier alpha value is -1.44. The average molecular weight is 377 g/mol. The standard InChI is InChI=1S/C8H4F13NO/c9-1(2(10)4(12)13)3(11)6(14,15)8(18,19)7(16,17)5(23)22(20)21/h1-4H. The molecule has 0 aliphatic rings. The van der Waals surface area contributed by atoms with Crippen LogP contribution in [0.15, 0.2) is 0 Å². The lowest BCUT2D eigenvalue weighted by molar-refractivity contribution is -0.330. The van der Waals surface area contributed by atoms with E-state index >= 15 is 0 Å². The fourth-order valence-corrected chi connectivity index (χ4v) is 1.12. The first-order valence-corrected chi connectivity index (χ1v) is 5.03. The van der Waals surface area contributed by atoms with E-state index in [9.17, 15) is 62.1 Å². The Morgan fingerprint density at radius 2 is 1.17 bits per heavy atom. The van der Waals surface area contributed by atoms with Crippen LogP contribution < -0.4 is 0 Å². The number of alkyl halides is 11. The smallest absolute Gasteiger partial charge is 0.262 e. The maximum Gasteiger partial charge on any atom is 0.398 e. The van der Waals surface area contributed by atoms with Crippen LogP contribution in [0.25, 0.3) is 0 Å². The van der Waals surface area contributed by atoms with Crippen molar-refractivity contribution in [2.24, 2.45) is 0 Å². The first kappa shape index (κ1) is 21.6. The van der Waals surface area contributed by atoms with Crippen LogP contribution >= 0.6 is 0 Å². The van der Waals surface area contributed by atoms with Crippen LogP contribution in [-0.2, 0) is 4.79 Å². The number of carbonyl (C=O) groups is 1. The molecule has 0 aliphatic heterocycles. The van der Waals surface area contributed by atoms with Crippen LogP contribution in [0, 0.1) is 0 Å². The molecule has 0 aromatic rings. The first-order valence-electron chi connectivity index (χ1n) is 5.03. The van der Waals surface area contributed by atoms with Crippen LogP contribution in [0.3, 0.4) is 0 Å². The van der Waals surface area contributed by atoms with Crippen LogP contribution in [-0.4, -0.2) is 54.0 Å². The Morgan fingerprint density at radius 3 is 1.48 bits per heavy atom. The first-order chi connectivity index (χ1) is 10.0. The zero-order valence-corrected chi connectivity index (χ0v) is 10.1. The van der Waals surface area contributed by atoms with E-state index < -0.39 is 54.0 Å². The fraction of sp³-hybridized carbons (Fsp3) is 0.875. The molecule has 0 rings (SSSR count). The SMILES string of the molecule is O=C(N(F)F)C(F)(F)C(F)(F)C(F)(F)C(F)C(F)C(F)C(F)F. The van der Waals surface area contributed by atoms with Crippen molar-refractivity contribution >= 4 is 5.91 Å². The van der Waals surface area contributed by atoms with E-state index in [0.717, 1.165) is 0 Å². The molecule has 0 heterocycles. The van der Waals surface area contributed by atoms with Crippen molar-refractivity contribution in [1.82, 2.24) is 5.34 Å². The second-order valence-electron chi connectivity index (χ2n) is 3.93. The van der Waals surface area contributed by atoms with E-state index in [1.807, 2.05) is 0 Å². The number of amides is 1. The van der Waals surface area contributed by atoms with Gasteiger partial charge in [0, 0.05) is 5.34 Å². The highest BCUT2D eigenvalue weighted by molar-refractivity contribution is 5.83. The molecule has 15 heteroatoms. The quantitative estimate of drug-likeness (QED) is 0.489. The van der Waals surface area contributed by atoms with Gasteiger partial charge in [0.15, 0.2) is 12.3 Å². The second-order valence-corrected chi connectivity index (χ2v) is 3.93. The van der Waals surface area contributed by atoms with Gasteiger partial charge in [0.2, 0.25) is 6.17 Å². The summed E-state index contributed by atoms with van der Waals surface area (Å²) in [4.78, 5) is 10.1. The minimum Gasteiger partial charge on any atom is -0.262 e. The lowest BCUT2D eigenvalue weighted by Gasteiger charge is -2.34. The Bertz CT molecular complexity index is 424. The molecule has 2 nitrogen and oxygen atoms in total. The molecule has 1 amide bonds.